The fourth-order valence-corrected chi connectivity index (χ4v) is 8.54. The zero-order valence-electron chi connectivity index (χ0n) is 18.1. The Balaban J connectivity index is 1.41. The number of aliphatic hydroxyl groups excluding tert-OH is 2. The molecule has 9 atom stereocenters. The zero-order chi connectivity index (χ0) is 21.0. The summed E-state index contributed by atoms with van der Waals surface area (Å²) in [5, 5.41) is 19.5. The summed E-state index contributed by atoms with van der Waals surface area (Å²) in [5.41, 5.74) is 0.639. The summed E-state index contributed by atoms with van der Waals surface area (Å²) < 4.78 is 37.8. The first-order chi connectivity index (χ1) is 13.6. The molecule has 0 aliphatic heterocycles. The van der Waals surface area contributed by atoms with Crippen LogP contribution in [0.1, 0.15) is 90.9 Å². The predicted octanol–water partition coefficient (Wildman–Crippen LogP) is 6.10. The first-order valence-electron chi connectivity index (χ1n) is 12.0. The molecular formula is C24H39F3O2. The summed E-state index contributed by atoms with van der Waals surface area (Å²) in [5.74, 6) is 3.41. The maximum absolute atomic E-state index is 12.6. The smallest absolute Gasteiger partial charge is 0.393 e. The molecule has 2 N–H and O–H groups in total. The number of hydrogen-bond donors (Lipinski definition) is 2. The summed E-state index contributed by atoms with van der Waals surface area (Å²) in [4.78, 5) is 0. The summed E-state index contributed by atoms with van der Waals surface area (Å²) >= 11 is 0. The number of halogens is 3. The molecule has 4 fully saturated rings. The van der Waals surface area contributed by atoms with E-state index >= 15 is 0 Å². The van der Waals surface area contributed by atoms with Crippen LogP contribution >= 0.6 is 0 Å². The predicted molar refractivity (Wildman–Crippen MR) is 107 cm³/mol. The van der Waals surface area contributed by atoms with Gasteiger partial charge in [-0.2, -0.15) is 13.2 Å². The van der Waals surface area contributed by atoms with Gasteiger partial charge < -0.3 is 10.2 Å². The van der Waals surface area contributed by atoms with Crippen molar-refractivity contribution < 1.29 is 23.4 Å². The second kappa shape index (κ2) is 7.69. The molecule has 5 heteroatoms. The van der Waals surface area contributed by atoms with Gasteiger partial charge in [0.05, 0.1) is 6.10 Å². The molecule has 168 valence electrons. The van der Waals surface area contributed by atoms with Crippen molar-refractivity contribution in [1.29, 1.82) is 0 Å². The Morgan fingerprint density at radius 3 is 2.34 bits per heavy atom. The van der Waals surface area contributed by atoms with Gasteiger partial charge in [0.1, 0.15) is 6.10 Å². The van der Waals surface area contributed by atoms with Gasteiger partial charge in [0.2, 0.25) is 0 Å². The minimum absolute atomic E-state index is 0.110. The lowest BCUT2D eigenvalue weighted by Gasteiger charge is -2.61. The highest BCUT2D eigenvalue weighted by Crippen LogP contribution is 2.67. The van der Waals surface area contributed by atoms with Crippen molar-refractivity contribution in [2.45, 2.75) is 109 Å². The van der Waals surface area contributed by atoms with Crippen LogP contribution in [0.5, 0.6) is 0 Å². The zero-order valence-corrected chi connectivity index (χ0v) is 18.1. The van der Waals surface area contributed by atoms with E-state index in [4.69, 9.17) is 0 Å². The largest absolute Gasteiger partial charge is 0.414 e. The van der Waals surface area contributed by atoms with Gasteiger partial charge in [-0.05, 0) is 111 Å². The van der Waals surface area contributed by atoms with E-state index in [1.165, 1.54) is 32.1 Å². The number of rotatable bonds is 4. The van der Waals surface area contributed by atoms with Crippen LogP contribution in [0.3, 0.4) is 0 Å². The number of aliphatic hydroxyl groups is 2. The molecule has 0 radical (unpaired) electrons. The molecule has 4 rings (SSSR count). The third-order valence-corrected chi connectivity index (χ3v) is 10.2. The lowest BCUT2D eigenvalue weighted by Crippen LogP contribution is -2.53. The van der Waals surface area contributed by atoms with E-state index in [2.05, 4.69) is 13.8 Å². The average molecular weight is 417 g/mol. The van der Waals surface area contributed by atoms with E-state index in [0.29, 0.717) is 29.6 Å². The molecule has 2 nitrogen and oxygen atoms in total. The average Bonchev–Trinajstić information content (AvgIpc) is 2.98. The van der Waals surface area contributed by atoms with E-state index in [9.17, 15) is 23.4 Å². The summed E-state index contributed by atoms with van der Waals surface area (Å²) in [6.07, 6.45) is 4.80. The molecule has 0 aromatic carbocycles. The highest BCUT2D eigenvalue weighted by Gasteiger charge is 2.59. The van der Waals surface area contributed by atoms with Gasteiger partial charge in [-0.25, -0.2) is 0 Å². The Morgan fingerprint density at radius 1 is 0.931 bits per heavy atom. The van der Waals surface area contributed by atoms with Gasteiger partial charge in [0, 0.05) is 0 Å². The second-order valence-corrected chi connectivity index (χ2v) is 11.4. The van der Waals surface area contributed by atoms with Crippen molar-refractivity contribution in [3.63, 3.8) is 0 Å². The van der Waals surface area contributed by atoms with Crippen LogP contribution in [-0.4, -0.2) is 28.6 Å². The summed E-state index contributed by atoms with van der Waals surface area (Å²) in [7, 11) is 0. The Kier molecular flexibility index (Phi) is 5.81. The maximum Gasteiger partial charge on any atom is 0.414 e. The van der Waals surface area contributed by atoms with Crippen LogP contribution in [0.4, 0.5) is 13.2 Å². The molecule has 9 unspecified atom stereocenters. The maximum atomic E-state index is 12.6. The normalized spacial score (nSPS) is 48.5. The van der Waals surface area contributed by atoms with E-state index in [1.807, 2.05) is 0 Å². The SMILES string of the molecule is CC12CCC3C(CCC4CC(O)CCC43C)C1CCC2CCCC(O)C(F)(F)F. The van der Waals surface area contributed by atoms with Crippen molar-refractivity contribution in [3.05, 3.63) is 0 Å². The molecule has 0 spiro atoms. The van der Waals surface area contributed by atoms with Gasteiger partial charge in [0.25, 0.3) is 0 Å². The third kappa shape index (κ3) is 3.77. The van der Waals surface area contributed by atoms with Crippen molar-refractivity contribution >= 4 is 0 Å². The van der Waals surface area contributed by atoms with E-state index in [1.54, 1.807) is 0 Å². The fraction of sp³-hybridized carbons (Fsp3) is 1.00. The fourth-order valence-electron chi connectivity index (χ4n) is 8.54. The summed E-state index contributed by atoms with van der Waals surface area (Å²) in [6.45, 7) is 4.92. The standard InChI is InChI=1S/C24H39F3O2/c1-22-13-11-20-18(8-6-16-14-17(28)10-12-23(16,20)2)19(22)9-7-15(22)4-3-5-21(29)24(25,26)27/h15-21,28-29H,3-14H2,1-2H3. The lowest BCUT2D eigenvalue weighted by molar-refractivity contribution is -0.205. The van der Waals surface area contributed by atoms with Crippen molar-refractivity contribution in [3.8, 4) is 0 Å². The van der Waals surface area contributed by atoms with E-state index < -0.39 is 12.3 Å². The molecule has 0 saturated heterocycles. The summed E-state index contributed by atoms with van der Waals surface area (Å²) in [6, 6.07) is 0. The molecular weight excluding hydrogens is 377 g/mol. The highest BCUT2D eigenvalue weighted by molar-refractivity contribution is 5.09. The van der Waals surface area contributed by atoms with Gasteiger partial charge in [0.15, 0.2) is 0 Å². The van der Waals surface area contributed by atoms with E-state index in [0.717, 1.165) is 43.9 Å². The van der Waals surface area contributed by atoms with Crippen LogP contribution in [0.2, 0.25) is 0 Å². The topological polar surface area (TPSA) is 40.5 Å². The third-order valence-electron chi connectivity index (χ3n) is 10.2. The number of hydrogen-bond acceptors (Lipinski definition) is 2. The molecule has 0 bridgehead atoms. The molecule has 29 heavy (non-hydrogen) atoms. The van der Waals surface area contributed by atoms with Crippen LogP contribution in [-0.2, 0) is 0 Å². The molecule has 4 saturated carbocycles. The molecule has 0 heterocycles. The van der Waals surface area contributed by atoms with Gasteiger partial charge in [-0.15, -0.1) is 0 Å². The van der Waals surface area contributed by atoms with Crippen LogP contribution in [0.25, 0.3) is 0 Å². The van der Waals surface area contributed by atoms with Gasteiger partial charge in [-0.3, -0.25) is 0 Å². The molecule has 4 aliphatic carbocycles. The minimum Gasteiger partial charge on any atom is -0.393 e. The Hall–Kier alpha value is -0.290. The van der Waals surface area contributed by atoms with Gasteiger partial charge in [-0.1, -0.05) is 20.3 Å². The van der Waals surface area contributed by atoms with Crippen LogP contribution < -0.4 is 0 Å². The quantitative estimate of drug-likeness (QED) is 0.581. The van der Waals surface area contributed by atoms with Crippen LogP contribution in [0.15, 0.2) is 0 Å². The Bertz CT molecular complexity index is 593. The molecule has 0 amide bonds. The molecule has 0 aromatic rings. The van der Waals surface area contributed by atoms with Crippen molar-refractivity contribution in [2.24, 2.45) is 40.4 Å². The van der Waals surface area contributed by atoms with Gasteiger partial charge >= 0.3 is 6.18 Å². The highest BCUT2D eigenvalue weighted by atomic mass is 19.4. The van der Waals surface area contributed by atoms with Crippen LogP contribution in [0, 0.1) is 40.4 Å². The Morgan fingerprint density at radius 2 is 1.62 bits per heavy atom. The Labute approximate surface area is 173 Å². The van der Waals surface area contributed by atoms with E-state index in [-0.39, 0.29) is 17.9 Å². The lowest BCUT2D eigenvalue weighted by atomic mass is 9.44. The first kappa shape index (κ1) is 21.9. The first-order valence-corrected chi connectivity index (χ1v) is 12.0. The molecule has 0 aromatic heterocycles. The van der Waals surface area contributed by atoms with Crippen molar-refractivity contribution in [2.75, 3.05) is 0 Å². The second-order valence-electron chi connectivity index (χ2n) is 11.4. The number of alkyl halides is 3. The minimum atomic E-state index is -4.48. The molecule has 4 aliphatic rings. The number of fused-ring (bicyclic) bond motifs is 5. The van der Waals surface area contributed by atoms with Crippen molar-refractivity contribution in [1.82, 2.24) is 0 Å². The monoisotopic (exact) mass is 416 g/mol.